The molecule has 7 nitrogen and oxygen atoms in total. The molecule has 2 rings (SSSR count). The van der Waals surface area contributed by atoms with E-state index in [1.165, 1.54) is 17.0 Å². The van der Waals surface area contributed by atoms with Gasteiger partial charge < -0.3 is 10.2 Å². The van der Waals surface area contributed by atoms with Gasteiger partial charge in [-0.05, 0) is 43.2 Å². The Morgan fingerprint density at radius 2 is 1.59 bits per heavy atom. The van der Waals surface area contributed by atoms with E-state index in [9.17, 15) is 18.0 Å². The number of anilines is 1. The molecule has 0 aliphatic carbocycles. The van der Waals surface area contributed by atoms with Gasteiger partial charge in [0.05, 0.1) is 11.9 Å². The van der Waals surface area contributed by atoms with Gasteiger partial charge in [-0.2, -0.15) is 0 Å². The molecule has 2 aromatic carbocycles. The number of nitrogens with one attached hydrogen (secondary N) is 1. The Labute approximate surface area is 216 Å². The normalized spacial score (nSPS) is 12.4. The number of benzene rings is 2. The van der Waals surface area contributed by atoms with Crippen LogP contribution in [0.4, 0.5) is 5.69 Å². The van der Waals surface area contributed by atoms with Crippen molar-refractivity contribution >= 4 is 62.3 Å². The van der Waals surface area contributed by atoms with Crippen molar-refractivity contribution in [2.24, 2.45) is 5.92 Å². The zero-order valence-electron chi connectivity index (χ0n) is 19.4. The van der Waals surface area contributed by atoms with E-state index in [0.717, 1.165) is 10.6 Å². The molecule has 0 aromatic heterocycles. The summed E-state index contributed by atoms with van der Waals surface area (Å²) in [6.45, 7) is 5.28. The Balaban J connectivity index is 2.43. The number of carbonyl (C=O) groups excluding carboxylic acids is 2. The van der Waals surface area contributed by atoms with Gasteiger partial charge in [0.2, 0.25) is 21.8 Å². The van der Waals surface area contributed by atoms with Gasteiger partial charge in [0, 0.05) is 33.7 Å². The van der Waals surface area contributed by atoms with E-state index < -0.39 is 28.5 Å². The molecule has 0 aliphatic heterocycles. The Morgan fingerprint density at radius 3 is 2.12 bits per heavy atom. The molecule has 2 amide bonds. The molecule has 186 valence electrons. The SMILES string of the molecule is CC(C)CNC(=O)[C@@H](C)N(Cc1c(Cl)cccc1Cl)C(=O)CN(c1cccc(Cl)c1)S(C)(=O)=O. The summed E-state index contributed by atoms with van der Waals surface area (Å²) in [5.74, 6) is -0.769. The molecular weight excluding hydrogens is 521 g/mol. The molecule has 0 bridgehead atoms. The van der Waals surface area contributed by atoms with Gasteiger partial charge in [0.1, 0.15) is 12.6 Å². The van der Waals surface area contributed by atoms with Crippen molar-refractivity contribution in [1.29, 1.82) is 0 Å². The zero-order chi connectivity index (χ0) is 25.6. The van der Waals surface area contributed by atoms with E-state index in [-0.39, 0.29) is 24.1 Å². The predicted molar refractivity (Wildman–Crippen MR) is 138 cm³/mol. The Kier molecular flexibility index (Phi) is 10.1. The van der Waals surface area contributed by atoms with Gasteiger partial charge >= 0.3 is 0 Å². The van der Waals surface area contributed by atoms with Crippen molar-refractivity contribution in [3.8, 4) is 0 Å². The molecule has 0 heterocycles. The van der Waals surface area contributed by atoms with Gasteiger partial charge in [0.15, 0.2) is 0 Å². The van der Waals surface area contributed by atoms with Crippen molar-refractivity contribution in [3.63, 3.8) is 0 Å². The highest BCUT2D eigenvalue weighted by Crippen LogP contribution is 2.27. The van der Waals surface area contributed by atoms with Gasteiger partial charge in [-0.25, -0.2) is 8.42 Å². The van der Waals surface area contributed by atoms with Crippen LogP contribution in [-0.4, -0.2) is 50.5 Å². The first-order chi connectivity index (χ1) is 15.8. The fourth-order valence-electron chi connectivity index (χ4n) is 3.13. The van der Waals surface area contributed by atoms with E-state index in [1.54, 1.807) is 37.3 Å². The monoisotopic (exact) mass is 547 g/mol. The number of nitrogens with zero attached hydrogens (tertiary/aromatic N) is 2. The van der Waals surface area contributed by atoms with Crippen LogP contribution in [0.3, 0.4) is 0 Å². The molecule has 0 saturated carbocycles. The van der Waals surface area contributed by atoms with E-state index >= 15 is 0 Å². The lowest BCUT2D eigenvalue weighted by molar-refractivity contribution is -0.139. The summed E-state index contributed by atoms with van der Waals surface area (Å²) in [5.41, 5.74) is 0.687. The van der Waals surface area contributed by atoms with Crippen molar-refractivity contribution in [2.45, 2.75) is 33.4 Å². The second-order valence-electron chi connectivity index (χ2n) is 8.29. The highest BCUT2D eigenvalue weighted by atomic mass is 35.5. The highest BCUT2D eigenvalue weighted by Gasteiger charge is 2.31. The summed E-state index contributed by atoms with van der Waals surface area (Å²) in [4.78, 5) is 27.6. The molecule has 0 unspecified atom stereocenters. The number of sulfonamides is 1. The average molecular weight is 549 g/mol. The van der Waals surface area contributed by atoms with Crippen LogP contribution in [0.2, 0.25) is 15.1 Å². The molecule has 11 heteroatoms. The predicted octanol–water partition coefficient (Wildman–Crippen LogP) is 4.60. The number of rotatable bonds is 10. The van der Waals surface area contributed by atoms with Crippen molar-refractivity contribution in [2.75, 3.05) is 23.7 Å². The topological polar surface area (TPSA) is 86.8 Å². The second kappa shape index (κ2) is 12.1. The van der Waals surface area contributed by atoms with Crippen LogP contribution >= 0.6 is 34.8 Å². The van der Waals surface area contributed by atoms with Gasteiger partial charge in [-0.1, -0.05) is 60.8 Å². The standard InChI is InChI=1S/C23H28Cl3N3O4S/c1-15(2)12-27-23(31)16(3)28(13-19-20(25)9-6-10-21(19)26)22(30)14-29(34(4,32)33)18-8-5-7-17(24)11-18/h5-11,15-16H,12-14H2,1-4H3,(H,27,31)/t16-/m1/s1. The molecule has 1 atom stereocenters. The molecular formula is C23H28Cl3N3O4S. The molecule has 0 radical (unpaired) electrons. The maximum Gasteiger partial charge on any atom is 0.244 e. The Hall–Kier alpha value is -2.00. The van der Waals surface area contributed by atoms with Crippen LogP contribution in [0.5, 0.6) is 0 Å². The molecule has 0 spiro atoms. The Morgan fingerprint density at radius 1 is 1.00 bits per heavy atom. The third-order valence-corrected chi connectivity index (χ3v) is 7.10. The maximum absolute atomic E-state index is 13.5. The van der Waals surface area contributed by atoms with E-state index in [0.29, 0.717) is 27.2 Å². The molecule has 0 aliphatic rings. The van der Waals surface area contributed by atoms with Crippen LogP contribution in [0.1, 0.15) is 26.3 Å². The second-order valence-corrected chi connectivity index (χ2v) is 11.4. The minimum absolute atomic E-state index is 0.0826. The third kappa shape index (κ3) is 7.77. The third-order valence-electron chi connectivity index (χ3n) is 5.02. The van der Waals surface area contributed by atoms with Gasteiger partial charge in [-0.15, -0.1) is 0 Å². The summed E-state index contributed by atoms with van der Waals surface area (Å²) < 4.78 is 26.0. The summed E-state index contributed by atoms with van der Waals surface area (Å²) in [6, 6.07) is 10.2. The van der Waals surface area contributed by atoms with Crippen molar-refractivity contribution < 1.29 is 18.0 Å². The molecule has 2 aromatic rings. The molecule has 0 fully saturated rings. The maximum atomic E-state index is 13.5. The van der Waals surface area contributed by atoms with E-state index in [1.807, 2.05) is 13.8 Å². The summed E-state index contributed by atoms with van der Waals surface area (Å²) in [6.07, 6.45) is 0.995. The lowest BCUT2D eigenvalue weighted by atomic mass is 10.1. The molecule has 1 N–H and O–H groups in total. The largest absolute Gasteiger partial charge is 0.354 e. The lowest BCUT2D eigenvalue weighted by Crippen LogP contribution is -2.51. The number of amides is 2. The highest BCUT2D eigenvalue weighted by molar-refractivity contribution is 7.92. The summed E-state index contributed by atoms with van der Waals surface area (Å²) in [5, 5.41) is 3.78. The summed E-state index contributed by atoms with van der Waals surface area (Å²) in [7, 11) is -3.85. The van der Waals surface area contributed by atoms with Crippen LogP contribution in [0, 0.1) is 5.92 Å². The van der Waals surface area contributed by atoms with Crippen LogP contribution < -0.4 is 9.62 Å². The molecule has 0 saturated heterocycles. The van der Waals surface area contributed by atoms with E-state index in [4.69, 9.17) is 34.8 Å². The quantitative estimate of drug-likeness (QED) is 0.470. The van der Waals surface area contributed by atoms with Gasteiger partial charge in [0.25, 0.3) is 0 Å². The van der Waals surface area contributed by atoms with Gasteiger partial charge in [-0.3, -0.25) is 13.9 Å². The zero-order valence-corrected chi connectivity index (χ0v) is 22.5. The van der Waals surface area contributed by atoms with Crippen LogP contribution in [0.15, 0.2) is 42.5 Å². The number of hydrogen-bond donors (Lipinski definition) is 1. The summed E-state index contributed by atoms with van der Waals surface area (Å²) >= 11 is 18.7. The van der Waals surface area contributed by atoms with Crippen LogP contribution in [0.25, 0.3) is 0 Å². The first kappa shape index (κ1) is 28.2. The van der Waals surface area contributed by atoms with Crippen molar-refractivity contribution in [1.82, 2.24) is 10.2 Å². The average Bonchev–Trinajstić information content (AvgIpc) is 2.74. The van der Waals surface area contributed by atoms with E-state index in [2.05, 4.69) is 5.32 Å². The number of carbonyl (C=O) groups is 2. The number of halogens is 3. The molecule has 34 heavy (non-hydrogen) atoms. The lowest BCUT2D eigenvalue weighted by Gasteiger charge is -2.32. The Bertz CT molecular complexity index is 1120. The number of hydrogen-bond acceptors (Lipinski definition) is 4. The fourth-order valence-corrected chi connectivity index (χ4v) is 4.68. The minimum Gasteiger partial charge on any atom is -0.354 e. The van der Waals surface area contributed by atoms with Crippen molar-refractivity contribution in [3.05, 3.63) is 63.1 Å². The fraction of sp³-hybridized carbons (Fsp3) is 0.391. The minimum atomic E-state index is -3.85. The first-order valence-corrected chi connectivity index (χ1v) is 13.5. The van der Waals surface area contributed by atoms with Crippen LogP contribution in [-0.2, 0) is 26.2 Å². The first-order valence-electron chi connectivity index (χ1n) is 10.5. The smallest absolute Gasteiger partial charge is 0.244 e.